The molecule has 0 saturated heterocycles. The fourth-order valence-electron chi connectivity index (χ4n) is 1.44. The summed E-state index contributed by atoms with van der Waals surface area (Å²) in [6.07, 6.45) is 7.25. The van der Waals surface area contributed by atoms with Gasteiger partial charge in [0.15, 0.2) is 0 Å². The predicted molar refractivity (Wildman–Crippen MR) is 54.0 cm³/mol. The van der Waals surface area contributed by atoms with Gasteiger partial charge in [-0.05, 0) is 18.6 Å². The molecule has 0 aliphatic heterocycles. The Morgan fingerprint density at radius 3 is 3.00 bits per heavy atom. The number of nitrogens with two attached hydrogens (primary N) is 1. The molecule has 0 fully saturated rings. The number of nitrogens with zero attached hydrogens (tertiary/aromatic N) is 3. The van der Waals surface area contributed by atoms with Crippen molar-refractivity contribution in [3.8, 4) is 5.69 Å². The van der Waals surface area contributed by atoms with Gasteiger partial charge in [-0.1, -0.05) is 0 Å². The average Bonchev–Trinajstić information content (AvgIpc) is 2.66. The van der Waals surface area contributed by atoms with Crippen molar-refractivity contribution in [1.29, 1.82) is 0 Å². The first-order chi connectivity index (χ1) is 6.83. The van der Waals surface area contributed by atoms with Gasteiger partial charge in [0.1, 0.15) is 5.82 Å². The topological polar surface area (TPSA) is 56.7 Å². The molecule has 0 aliphatic rings. The quantitative estimate of drug-likeness (QED) is 0.766. The second-order valence-electron chi connectivity index (χ2n) is 3.08. The van der Waals surface area contributed by atoms with Crippen LogP contribution in [0.15, 0.2) is 30.9 Å². The van der Waals surface area contributed by atoms with Gasteiger partial charge in [0.05, 0.1) is 12.2 Å². The van der Waals surface area contributed by atoms with Gasteiger partial charge in [-0.25, -0.2) is 4.98 Å². The van der Waals surface area contributed by atoms with Crippen molar-refractivity contribution in [2.75, 3.05) is 0 Å². The summed E-state index contributed by atoms with van der Waals surface area (Å²) in [5.41, 5.74) is 7.78. The molecule has 0 spiro atoms. The van der Waals surface area contributed by atoms with E-state index in [0.717, 1.165) is 17.1 Å². The van der Waals surface area contributed by atoms with Crippen molar-refractivity contribution in [1.82, 2.24) is 14.5 Å². The lowest BCUT2D eigenvalue weighted by Gasteiger charge is -2.08. The van der Waals surface area contributed by atoms with E-state index >= 15 is 0 Å². The molecule has 2 rings (SSSR count). The van der Waals surface area contributed by atoms with Crippen molar-refractivity contribution in [3.63, 3.8) is 0 Å². The maximum Gasteiger partial charge on any atom is 0.126 e. The fourth-order valence-corrected chi connectivity index (χ4v) is 1.44. The number of hydrogen-bond acceptors (Lipinski definition) is 3. The van der Waals surface area contributed by atoms with Crippen molar-refractivity contribution in [2.24, 2.45) is 5.73 Å². The first-order valence-corrected chi connectivity index (χ1v) is 4.46. The SMILES string of the molecule is Cc1cnccc1-n1ccnc1CN. The molecule has 72 valence electrons. The molecule has 2 aromatic rings. The Morgan fingerprint density at radius 1 is 1.43 bits per heavy atom. The first kappa shape index (κ1) is 8.90. The lowest BCUT2D eigenvalue weighted by molar-refractivity contribution is 0.861. The minimum Gasteiger partial charge on any atom is -0.324 e. The molecule has 0 unspecified atom stereocenters. The fraction of sp³-hybridized carbons (Fsp3) is 0.200. The second-order valence-corrected chi connectivity index (χ2v) is 3.08. The third-order valence-electron chi connectivity index (χ3n) is 2.15. The highest BCUT2D eigenvalue weighted by Crippen LogP contribution is 2.13. The molecular formula is C10H12N4. The van der Waals surface area contributed by atoms with Crippen molar-refractivity contribution in [3.05, 3.63) is 42.2 Å². The third kappa shape index (κ3) is 1.40. The summed E-state index contributed by atoms with van der Waals surface area (Å²) in [4.78, 5) is 8.22. The van der Waals surface area contributed by atoms with Gasteiger partial charge in [-0.15, -0.1) is 0 Å². The number of aryl methyl sites for hydroxylation is 1. The molecule has 2 N–H and O–H groups in total. The maximum atomic E-state index is 5.58. The molecule has 0 amide bonds. The van der Waals surface area contributed by atoms with E-state index in [1.54, 1.807) is 12.4 Å². The molecule has 2 heterocycles. The Hall–Kier alpha value is -1.68. The lowest BCUT2D eigenvalue weighted by Crippen LogP contribution is -2.07. The van der Waals surface area contributed by atoms with Gasteiger partial charge >= 0.3 is 0 Å². The van der Waals surface area contributed by atoms with Gasteiger partial charge in [0.2, 0.25) is 0 Å². The van der Waals surface area contributed by atoms with Gasteiger partial charge < -0.3 is 10.3 Å². The summed E-state index contributed by atoms with van der Waals surface area (Å²) in [5, 5.41) is 0. The van der Waals surface area contributed by atoms with Crippen LogP contribution in [0.3, 0.4) is 0 Å². The Labute approximate surface area is 82.4 Å². The van der Waals surface area contributed by atoms with E-state index in [9.17, 15) is 0 Å². The minimum absolute atomic E-state index is 0.439. The van der Waals surface area contributed by atoms with Crippen molar-refractivity contribution in [2.45, 2.75) is 13.5 Å². The normalized spacial score (nSPS) is 10.4. The van der Waals surface area contributed by atoms with Gasteiger partial charge in [-0.3, -0.25) is 4.98 Å². The van der Waals surface area contributed by atoms with Crippen LogP contribution in [0, 0.1) is 6.92 Å². The zero-order valence-corrected chi connectivity index (χ0v) is 8.01. The molecule has 0 saturated carbocycles. The van der Waals surface area contributed by atoms with E-state index < -0.39 is 0 Å². The van der Waals surface area contributed by atoms with Crippen LogP contribution < -0.4 is 5.73 Å². The van der Waals surface area contributed by atoms with E-state index in [4.69, 9.17) is 5.73 Å². The molecule has 0 radical (unpaired) electrons. The smallest absolute Gasteiger partial charge is 0.126 e. The highest BCUT2D eigenvalue weighted by Gasteiger charge is 2.04. The molecule has 4 heteroatoms. The van der Waals surface area contributed by atoms with Crippen LogP contribution >= 0.6 is 0 Å². The number of rotatable bonds is 2. The monoisotopic (exact) mass is 188 g/mol. The lowest BCUT2D eigenvalue weighted by atomic mass is 10.2. The zero-order valence-electron chi connectivity index (χ0n) is 8.01. The molecule has 0 aliphatic carbocycles. The number of aromatic nitrogens is 3. The standard InChI is InChI=1S/C10H12N4/c1-8-7-12-3-2-9(8)14-5-4-13-10(14)6-11/h2-5,7H,6,11H2,1H3. The Morgan fingerprint density at radius 2 is 2.29 bits per heavy atom. The molecule has 4 nitrogen and oxygen atoms in total. The van der Waals surface area contributed by atoms with Gasteiger partial charge in [0.25, 0.3) is 0 Å². The van der Waals surface area contributed by atoms with E-state index in [1.165, 1.54) is 0 Å². The van der Waals surface area contributed by atoms with E-state index in [1.807, 2.05) is 30.0 Å². The van der Waals surface area contributed by atoms with Gasteiger partial charge in [0, 0.05) is 24.8 Å². The summed E-state index contributed by atoms with van der Waals surface area (Å²) < 4.78 is 1.98. The summed E-state index contributed by atoms with van der Waals surface area (Å²) in [7, 11) is 0. The summed E-state index contributed by atoms with van der Waals surface area (Å²) in [6, 6.07) is 1.95. The predicted octanol–water partition coefficient (Wildman–Crippen LogP) is 1.03. The molecule has 14 heavy (non-hydrogen) atoms. The highest BCUT2D eigenvalue weighted by molar-refractivity contribution is 5.38. The maximum absolute atomic E-state index is 5.58. The van der Waals surface area contributed by atoms with Crippen molar-refractivity contribution >= 4 is 0 Å². The zero-order chi connectivity index (χ0) is 9.97. The van der Waals surface area contributed by atoms with Crippen LogP contribution in [0.1, 0.15) is 11.4 Å². The van der Waals surface area contributed by atoms with E-state index in [2.05, 4.69) is 9.97 Å². The van der Waals surface area contributed by atoms with E-state index in [-0.39, 0.29) is 0 Å². The average molecular weight is 188 g/mol. The van der Waals surface area contributed by atoms with Crippen LogP contribution in [0.5, 0.6) is 0 Å². The molecule has 0 atom stereocenters. The van der Waals surface area contributed by atoms with Crippen LogP contribution in [0.2, 0.25) is 0 Å². The Kier molecular flexibility index (Phi) is 2.28. The van der Waals surface area contributed by atoms with Crippen LogP contribution in [-0.2, 0) is 6.54 Å². The summed E-state index contributed by atoms with van der Waals surface area (Å²) in [5.74, 6) is 0.860. The van der Waals surface area contributed by atoms with Crippen LogP contribution in [0.4, 0.5) is 0 Å². The number of pyridine rings is 1. The van der Waals surface area contributed by atoms with E-state index in [0.29, 0.717) is 6.54 Å². The highest BCUT2D eigenvalue weighted by atomic mass is 15.1. The van der Waals surface area contributed by atoms with Crippen LogP contribution in [0.25, 0.3) is 5.69 Å². The van der Waals surface area contributed by atoms with Crippen LogP contribution in [-0.4, -0.2) is 14.5 Å². The Balaban J connectivity index is 2.54. The molecular weight excluding hydrogens is 176 g/mol. The largest absolute Gasteiger partial charge is 0.324 e. The third-order valence-corrected chi connectivity index (χ3v) is 2.15. The molecule has 0 aromatic carbocycles. The number of imidazole rings is 1. The molecule has 0 bridgehead atoms. The number of hydrogen-bond donors (Lipinski definition) is 1. The summed E-state index contributed by atoms with van der Waals surface area (Å²) >= 11 is 0. The minimum atomic E-state index is 0.439. The first-order valence-electron chi connectivity index (χ1n) is 4.46. The van der Waals surface area contributed by atoms with Gasteiger partial charge in [-0.2, -0.15) is 0 Å². The van der Waals surface area contributed by atoms with Crippen molar-refractivity contribution < 1.29 is 0 Å². The Bertz CT molecular complexity index is 433. The molecule has 2 aromatic heterocycles. The second kappa shape index (κ2) is 3.59. The summed E-state index contributed by atoms with van der Waals surface area (Å²) in [6.45, 7) is 2.46.